The van der Waals surface area contributed by atoms with Crippen LogP contribution in [0, 0.1) is 5.41 Å². The first-order chi connectivity index (χ1) is 7.77. The summed E-state index contributed by atoms with van der Waals surface area (Å²) in [4.78, 5) is 3.87. The summed E-state index contributed by atoms with van der Waals surface area (Å²) in [6.07, 6.45) is 3.10. The number of benzene rings is 1. The number of nitrogens with zero attached hydrogens (tertiary/aromatic N) is 3. The van der Waals surface area contributed by atoms with Crippen molar-refractivity contribution >= 4 is 5.84 Å². The van der Waals surface area contributed by atoms with Crippen molar-refractivity contribution in [3.05, 3.63) is 48.5 Å². The second-order valence-corrected chi connectivity index (χ2v) is 3.54. The summed E-state index contributed by atoms with van der Waals surface area (Å²) in [6, 6.07) is 9.74. The molecule has 2 rings (SSSR count). The number of nitrogens with two attached hydrogens (primary N) is 1. The topological polar surface area (TPSA) is 80.6 Å². The van der Waals surface area contributed by atoms with Crippen LogP contribution >= 0.6 is 0 Å². The van der Waals surface area contributed by atoms with Crippen molar-refractivity contribution in [2.75, 3.05) is 0 Å². The number of rotatable bonds is 4. The SMILES string of the molecule is N=C(N)C(Cn1cncn1)c1ccccc1. The van der Waals surface area contributed by atoms with Crippen LogP contribution in [0.1, 0.15) is 11.5 Å². The van der Waals surface area contributed by atoms with Gasteiger partial charge in [0.2, 0.25) is 0 Å². The third kappa shape index (κ3) is 2.25. The summed E-state index contributed by atoms with van der Waals surface area (Å²) in [7, 11) is 0. The molecule has 0 aliphatic heterocycles. The van der Waals surface area contributed by atoms with Crippen molar-refractivity contribution in [3.8, 4) is 0 Å². The lowest BCUT2D eigenvalue weighted by Gasteiger charge is -2.15. The molecule has 3 N–H and O–H groups in total. The van der Waals surface area contributed by atoms with Gasteiger partial charge >= 0.3 is 0 Å². The Balaban J connectivity index is 2.22. The fraction of sp³-hybridized carbons (Fsp3) is 0.182. The van der Waals surface area contributed by atoms with Crippen molar-refractivity contribution < 1.29 is 0 Å². The van der Waals surface area contributed by atoms with Crippen molar-refractivity contribution in [2.45, 2.75) is 12.5 Å². The monoisotopic (exact) mass is 215 g/mol. The molecule has 0 aliphatic carbocycles. The lowest BCUT2D eigenvalue weighted by molar-refractivity contribution is 0.584. The summed E-state index contributed by atoms with van der Waals surface area (Å²) in [5.41, 5.74) is 6.63. The Morgan fingerprint density at radius 3 is 2.69 bits per heavy atom. The number of aromatic nitrogens is 3. The van der Waals surface area contributed by atoms with E-state index < -0.39 is 0 Å². The Bertz CT molecular complexity index is 448. The predicted molar refractivity (Wildman–Crippen MR) is 61.1 cm³/mol. The van der Waals surface area contributed by atoms with Gasteiger partial charge in [-0.3, -0.25) is 10.1 Å². The Labute approximate surface area is 93.4 Å². The van der Waals surface area contributed by atoms with E-state index in [9.17, 15) is 0 Å². The largest absolute Gasteiger partial charge is 0.387 e. The molecule has 2 aromatic rings. The number of nitrogens with one attached hydrogen (secondary N) is 1. The lowest BCUT2D eigenvalue weighted by atomic mass is 9.98. The van der Waals surface area contributed by atoms with Gasteiger partial charge in [-0.2, -0.15) is 5.10 Å². The molecule has 0 radical (unpaired) electrons. The zero-order valence-corrected chi connectivity index (χ0v) is 8.74. The molecule has 0 spiro atoms. The van der Waals surface area contributed by atoms with Crippen LogP contribution in [0.4, 0.5) is 0 Å². The second-order valence-electron chi connectivity index (χ2n) is 3.54. The van der Waals surface area contributed by atoms with Gasteiger partial charge in [-0.05, 0) is 5.56 Å². The molecule has 82 valence electrons. The molecule has 0 fully saturated rings. The van der Waals surface area contributed by atoms with Gasteiger partial charge in [0.05, 0.1) is 12.5 Å². The molecule has 1 heterocycles. The van der Waals surface area contributed by atoms with E-state index in [1.54, 1.807) is 11.0 Å². The van der Waals surface area contributed by atoms with Crippen LogP contribution in [0.5, 0.6) is 0 Å². The number of hydrogen-bond acceptors (Lipinski definition) is 3. The number of amidine groups is 1. The van der Waals surface area contributed by atoms with E-state index in [-0.39, 0.29) is 11.8 Å². The quantitative estimate of drug-likeness (QED) is 0.589. The first-order valence-corrected chi connectivity index (χ1v) is 4.98. The van der Waals surface area contributed by atoms with Crippen LogP contribution < -0.4 is 5.73 Å². The standard InChI is InChI=1S/C11H13N5/c12-11(13)10(6-16-8-14-7-15-16)9-4-2-1-3-5-9/h1-5,7-8,10H,6H2,(H3,12,13). The Morgan fingerprint density at radius 1 is 1.38 bits per heavy atom. The van der Waals surface area contributed by atoms with Crippen LogP contribution in [-0.4, -0.2) is 20.6 Å². The van der Waals surface area contributed by atoms with Crippen molar-refractivity contribution in [1.82, 2.24) is 14.8 Å². The minimum atomic E-state index is -0.150. The molecule has 1 unspecified atom stereocenters. The van der Waals surface area contributed by atoms with Gasteiger partial charge in [0, 0.05) is 0 Å². The molecule has 5 heteroatoms. The van der Waals surface area contributed by atoms with Gasteiger partial charge in [0.25, 0.3) is 0 Å². The Kier molecular flexibility index (Phi) is 2.95. The lowest BCUT2D eigenvalue weighted by Crippen LogP contribution is -2.25. The highest BCUT2D eigenvalue weighted by Gasteiger charge is 2.15. The molecule has 16 heavy (non-hydrogen) atoms. The molecule has 0 saturated carbocycles. The van der Waals surface area contributed by atoms with Crippen LogP contribution in [0.15, 0.2) is 43.0 Å². The van der Waals surface area contributed by atoms with Gasteiger partial charge in [0.15, 0.2) is 0 Å². The van der Waals surface area contributed by atoms with Crippen LogP contribution in [0.25, 0.3) is 0 Å². The molecular formula is C11H13N5. The van der Waals surface area contributed by atoms with Gasteiger partial charge in [-0.25, -0.2) is 4.98 Å². The van der Waals surface area contributed by atoms with Crippen LogP contribution in [0.3, 0.4) is 0 Å². The van der Waals surface area contributed by atoms with E-state index in [1.165, 1.54) is 6.33 Å². The maximum Gasteiger partial charge on any atom is 0.137 e. The highest BCUT2D eigenvalue weighted by Crippen LogP contribution is 2.16. The zero-order chi connectivity index (χ0) is 11.4. The molecular weight excluding hydrogens is 202 g/mol. The Hall–Kier alpha value is -2.17. The summed E-state index contributed by atoms with van der Waals surface area (Å²) in [5, 5.41) is 11.6. The van der Waals surface area contributed by atoms with E-state index in [1.807, 2.05) is 30.3 Å². The van der Waals surface area contributed by atoms with E-state index in [4.69, 9.17) is 11.1 Å². The van der Waals surface area contributed by atoms with Gasteiger partial charge in [0.1, 0.15) is 18.5 Å². The minimum Gasteiger partial charge on any atom is -0.387 e. The van der Waals surface area contributed by atoms with Crippen LogP contribution in [0.2, 0.25) is 0 Å². The van der Waals surface area contributed by atoms with Crippen molar-refractivity contribution in [2.24, 2.45) is 5.73 Å². The first kappa shape index (κ1) is 10.4. The number of hydrogen-bond donors (Lipinski definition) is 2. The van der Waals surface area contributed by atoms with E-state index in [2.05, 4.69) is 10.1 Å². The van der Waals surface area contributed by atoms with Gasteiger partial charge in [-0.1, -0.05) is 30.3 Å². The van der Waals surface area contributed by atoms with Crippen molar-refractivity contribution in [1.29, 1.82) is 5.41 Å². The summed E-state index contributed by atoms with van der Waals surface area (Å²) in [6.45, 7) is 0.541. The molecule has 0 saturated heterocycles. The van der Waals surface area contributed by atoms with E-state index in [0.29, 0.717) is 6.54 Å². The van der Waals surface area contributed by atoms with Gasteiger partial charge in [-0.15, -0.1) is 0 Å². The average Bonchev–Trinajstić information content (AvgIpc) is 2.79. The molecule has 5 nitrogen and oxygen atoms in total. The molecule has 1 atom stereocenters. The Morgan fingerprint density at radius 2 is 2.12 bits per heavy atom. The summed E-state index contributed by atoms with van der Waals surface area (Å²) in [5.74, 6) is -0.00963. The highest BCUT2D eigenvalue weighted by atomic mass is 15.3. The minimum absolute atomic E-state index is 0.140. The van der Waals surface area contributed by atoms with Crippen LogP contribution in [-0.2, 0) is 6.54 Å². The van der Waals surface area contributed by atoms with E-state index >= 15 is 0 Å². The smallest absolute Gasteiger partial charge is 0.137 e. The first-order valence-electron chi connectivity index (χ1n) is 4.98. The van der Waals surface area contributed by atoms with E-state index in [0.717, 1.165) is 5.56 Å². The maximum absolute atomic E-state index is 7.61. The third-order valence-corrected chi connectivity index (χ3v) is 2.41. The summed E-state index contributed by atoms with van der Waals surface area (Å²) < 4.78 is 1.68. The molecule has 0 amide bonds. The predicted octanol–water partition coefficient (Wildman–Crippen LogP) is 0.998. The molecule has 0 aliphatic rings. The second kappa shape index (κ2) is 4.57. The van der Waals surface area contributed by atoms with Crippen molar-refractivity contribution in [3.63, 3.8) is 0 Å². The fourth-order valence-corrected chi connectivity index (χ4v) is 1.58. The fourth-order valence-electron chi connectivity index (χ4n) is 1.58. The normalized spacial score (nSPS) is 12.2. The van der Waals surface area contributed by atoms with Gasteiger partial charge < -0.3 is 5.73 Å². The average molecular weight is 215 g/mol. The maximum atomic E-state index is 7.61. The molecule has 1 aromatic carbocycles. The zero-order valence-electron chi connectivity index (χ0n) is 8.74. The molecule has 0 bridgehead atoms. The summed E-state index contributed by atoms with van der Waals surface area (Å²) >= 11 is 0. The highest BCUT2D eigenvalue weighted by molar-refractivity contribution is 5.84. The molecule has 1 aromatic heterocycles. The third-order valence-electron chi connectivity index (χ3n) is 2.41.